The Kier molecular flexibility index (Phi) is 4.57. The molecule has 1 heterocycles. The summed E-state index contributed by atoms with van der Waals surface area (Å²) in [7, 11) is 0. The van der Waals surface area contributed by atoms with Gasteiger partial charge in [-0.3, -0.25) is 0 Å². The summed E-state index contributed by atoms with van der Waals surface area (Å²) in [5.74, 6) is 0.344. The van der Waals surface area contributed by atoms with Gasteiger partial charge in [0.05, 0.1) is 10.2 Å². The van der Waals surface area contributed by atoms with Crippen LogP contribution >= 0.6 is 11.3 Å². The molecule has 118 valence electrons. The molecule has 0 amide bonds. The lowest BCUT2D eigenvalue weighted by Crippen LogP contribution is -2.15. The Hall–Kier alpha value is -2.40. The average Bonchev–Trinajstić information content (AvgIpc) is 2.95. The van der Waals surface area contributed by atoms with Crippen molar-refractivity contribution in [2.24, 2.45) is 0 Å². The van der Waals surface area contributed by atoms with Crippen molar-refractivity contribution in [2.45, 2.75) is 20.5 Å². The Morgan fingerprint density at radius 2 is 1.83 bits per heavy atom. The first-order valence-electron chi connectivity index (χ1n) is 7.32. The van der Waals surface area contributed by atoms with Gasteiger partial charge in [-0.15, -0.1) is 11.3 Å². The van der Waals surface area contributed by atoms with Gasteiger partial charge in [0.1, 0.15) is 17.4 Å². The predicted octanol–water partition coefficient (Wildman–Crippen LogP) is 4.04. The lowest BCUT2D eigenvalue weighted by atomic mass is 10.1. The first-order chi connectivity index (χ1) is 11.1. The van der Waals surface area contributed by atoms with Crippen LogP contribution in [0.4, 0.5) is 0 Å². The van der Waals surface area contributed by atoms with Crippen LogP contribution in [0.5, 0.6) is 5.75 Å². The van der Waals surface area contributed by atoms with Crippen molar-refractivity contribution < 1.29 is 14.3 Å². The fraction of sp³-hybridized carbons (Fsp3) is 0.222. The monoisotopic (exact) mass is 327 g/mol. The molecule has 3 rings (SSSR count). The molecule has 5 heteroatoms. The Bertz CT molecular complexity index is 788. The lowest BCUT2D eigenvalue weighted by Gasteiger charge is -2.11. The maximum absolute atomic E-state index is 11.9. The van der Waals surface area contributed by atoms with Crippen molar-refractivity contribution in [1.82, 2.24) is 4.98 Å². The highest BCUT2D eigenvalue weighted by Gasteiger charge is 2.10. The van der Waals surface area contributed by atoms with Gasteiger partial charge in [-0.1, -0.05) is 30.3 Å². The van der Waals surface area contributed by atoms with Gasteiger partial charge in [0.15, 0.2) is 6.61 Å². The summed E-state index contributed by atoms with van der Waals surface area (Å²) < 4.78 is 11.9. The molecule has 0 radical (unpaired) electrons. The van der Waals surface area contributed by atoms with Crippen LogP contribution in [0.2, 0.25) is 0 Å². The van der Waals surface area contributed by atoms with Crippen molar-refractivity contribution in [3.63, 3.8) is 0 Å². The van der Waals surface area contributed by atoms with E-state index in [9.17, 15) is 4.79 Å². The zero-order valence-corrected chi connectivity index (χ0v) is 13.9. The van der Waals surface area contributed by atoms with Gasteiger partial charge in [-0.05, 0) is 37.1 Å². The highest BCUT2D eigenvalue weighted by Crippen LogP contribution is 2.23. The quantitative estimate of drug-likeness (QED) is 0.664. The summed E-state index contributed by atoms with van der Waals surface area (Å²) in [5.41, 5.74) is 2.93. The van der Waals surface area contributed by atoms with E-state index >= 15 is 0 Å². The fourth-order valence-electron chi connectivity index (χ4n) is 2.32. The molecule has 0 aliphatic heterocycles. The van der Waals surface area contributed by atoms with Crippen molar-refractivity contribution in [3.8, 4) is 5.75 Å². The number of rotatable bonds is 5. The highest BCUT2D eigenvalue weighted by atomic mass is 32.1. The van der Waals surface area contributed by atoms with E-state index in [1.165, 1.54) is 11.3 Å². The number of carbonyl (C=O) groups excluding carboxylic acids is 1. The number of aryl methyl sites for hydroxylation is 2. The van der Waals surface area contributed by atoms with E-state index < -0.39 is 5.97 Å². The van der Waals surface area contributed by atoms with Crippen LogP contribution in [0.15, 0.2) is 42.5 Å². The van der Waals surface area contributed by atoms with E-state index in [0.29, 0.717) is 0 Å². The zero-order valence-electron chi connectivity index (χ0n) is 13.0. The largest absolute Gasteiger partial charge is 0.481 e. The van der Waals surface area contributed by atoms with Gasteiger partial charge in [0, 0.05) is 0 Å². The maximum atomic E-state index is 11.9. The van der Waals surface area contributed by atoms with Crippen LogP contribution in [0.3, 0.4) is 0 Å². The second kappa shape index (κ2) is 6.79. The molecular formula is C18H17NO3S. The summed E-state index contributed by atoms with van der Waals surface area (Å²) in [5, 5.41) is 0.784. The number of para-hydroxylation sites is 2. The van der Waals surface area contributed by atoms with E-state index in [-0.39, 0.29) is 13.2 Å². The molecule has 0 atom stereocenters. The first kappa shape index (κ1) is 15.5. The normalized spacial score (nSPS) is 10.7. The molecule has 0 saturated heterocycles. The smallest absolute Gasteiger partial charge is 0.344 e. The number of esters is 1. The molecule has 0 aliphatic carbocycles. The second-order valence-corrected chi connectivity index (χ2v) is 6.36. The molecule has 0 fully saturated rings. The van der Waals surface area contributed by atoms with E-state index in [0.717, 1.165) is 32.1 Å². The standard InChI is InChI=1S/C18H17NO3S/c1-12-6-5-7-13(2)18(12)22-11-17(20)21-10-16-19-14-8-3-4-9-15(14)23-16/h3-9H,10-11H2,1-2H3. The number of ether oxygens (including phenoxy) is 2. The van der Waals surface area contributed by atoms with E-state index in [4.69, 9.17) is 9.47 Å². The first-order valence-corrected chi connectivity index (χ1v) is 8.14. The van der Waals surface area contributed by atoms with Crippen LogP contribution in [0.1, 0.15) is 16.1 Å². The topological polar surface area (TPSA) is 48.4 Å². The molecule has 3 aromatic rings. The number of carbonyl (C=O) groups is 1. The van der Waals surface area contributed by atoms with Crippen LogP contribution in [-0.2, 0) is 16.1 Å². The number of hydrogen-bond acceptors (Lipinski definition) is 5. The summed E-state index contributed by atoms with van der Waals surface area (Å²) in [4.78, 5) is 16.3. The lowest BCUT2D eigenvalue weighted by molar-refractivity contribution is -0.147. The van der Waals surface area contributed by atoms with E-state index in [2.05, 4.69) is 4.98 Å². The van der Waals surface area contributed by atoms with Crippen molar-refractivity contribution in [1.29, 1.82) is 0 Å². The highest BCUT2D eigenvalue weighted by molar-refractivity contribution is 7.18. The van der Waals surface area contributed by atoms with Crippen molar-refractivity contribution in [3.05, 3.63) is 58.6 Å². The van der Waals surface area contributed by atoms with E-state index in [1.807, 2.05) is 56.3 Å². The number of nitrogens with zero attached hydrogens (tertiary/aromatic N) is 1. The molecule has 23 heavy (non-hydrogen) atoms. The Balaban J connectivity index is 1.55. The van der Waals surface area contributed by atoms with Crippen molar-refractivity contribution >= 4 is 27.5 Å². The molecule has 0 spiro atoms. The van der Waals surface area contributed by atoms with Gasteiger partial charge >= 0.3 is 5.97 Å². The SMILES string of the molecule is Cc1cccc(C)c1OCC(=O)OCc1nc2ccccc2s1. The summed E-state index contributed by atoms with van der Waals surface area (Å²) in [6, 6.07) is 13.7. The van der Waals surface area contributed by atoms with Crippen LogP contribution in [0, 0.1) is 13.8 Å². The minimum atomic E-state index is -0.396. The third-order valence-corrected chi connectivity index (χ3v) is 4.45. The molecule has 0 aliphatic rings. The summed E-state index contributed by atoms with van der Waals surface area (Å²) in [6.45, 7) is 3.98. The minimum absolute atomic E-state index is 0.101. The van der Waals surface area contributed by atoms with E-state index in [1.54, 1.807) is 0 Å². The molecule has 0 N–H and O–H groups in total. The summed E-state index contributed by atoms with van der Waals surface area (Å²) in [6.07, 6.45) is 0. The number of hydrogen-bond donors (Lipinski definition) is 0. The maximum Gasteiger partial charge on any atom is 0.344 e. The van der Waals surface area contributed by atoms with Crippen molar-refractivity contribution in [2.75, 3.05) is 6.61 Å². The summed E-state index contributed by atoms with van der Waals surface area (Å²) >= 11 is 1.53. The third-order valence-electron chi connectivity index (χ3n) is 3.44. The minimum Gasteiger partial charge on any atom is -0.481 e. The van der Waals surface area contributed by atoms with Gasteiger partial charge in [-0.2, -0.15) is 0 Å². The van der Waals surface area contributed by atoms with Crippen LogP contribution in [-0.4, -0.2) is 17.6 Å². The van der Waals surface area contributed by atoms with Gasteiger partial charge < -0.3 is 9.47 Å². The van der Waals surface area contributed by atoms with Crippen LogP contribution in [0.25, 0.3) is 10.2 Å². The van der Waals surface area contributed by atoms with Gasteiger partial charge in [0.2, 0.25) is 0 Å². The third kappa shape index (κ3) is 3.68. The fourth-order valence-corrected chi connectivity index (χ4v) is 3.20. The zero-order chi connectivity index (χ0) is 16.2. The number of thiazole rings is 1. The Morgan fingerprint density at radius 3 is 2.57 bits per heavy atom. The molecule has 1 aromatic heterocycles. The van der Waals surface area contributed by atoms with Gasteiger partial charge in [-0.25, -0.2) is 9.78 Å². The van der Waals surface area contributed by atoms with Gasteiger partial charge in [0.25, 0.3) is 0 Å². The number of fused-ring (bicyclic) bond motifs is 1. The Morgan fingerprint density at radius 1 is 1.09 bits per heavy atom. The molecule has 2 aromatic carbocycles. The number of benzene rings is 2. The predicted molar refractivity (Wildman–Crippen MR) is 90.8 cm³/mol. The average molecular weight is 327 g/mol. The second-order valence-electron chi connectivity index (χ2n) is 5.25. The molecule has 4 nitrogen and oxygen atoms in total. The van der Waals surface area contributed by atoms with Crippen LogP contribution < -0.4 is 4.74 Å². The molecule has 0 bridgehead atoms. The molecule has 0 unspecified atom stereocenters. The molecule has 0 saturated carbocycles. The Labute approximate surface area is 138 Å². The molecular weight excluding hydrogens is 310 g/mol. The number of aromatic nitrogens is 1.